The van der Waals surface area contributed by atoms with Crippen LogP contribution in [0.5, 0.6) is 0 Å². The van der Waals surface area contributed by atoms with Gasteiger partial charge >= 0.3 is 6.03 Å². The molecular formula is C28H35N5O. The highest BCUT2D eigenvalue weighted by molar-refractivity contribution is 5.89. The van der Waals surface area contributed by atoms with Crippen LogP contribution in [-0.4, -0.2) is 47.1 Å². The van der Waals surface area contributed by atoms with Gasteiger partial charge in [0.2, 0.25) is 0 Å². The van der Waals surface area contributed by atoms with E-state index in [1.54, 1.807) is 0 Å². The minimum absolute atomic E-state index is 0.0391. The summed E-state index contributed by atoms with van der Waals surface area (Å²) in [5, 5.41) is 3.08. The Hall–Kier alpha value is -3.41. The van der Waals surface area contributed by atoms with Crippen LogP contribution in [0.4, 0.5) is 16.3 Å². The number of urea groups is 1. The van der Waals surface area contributed by atoms with Gasteiger partial charge in [-0.3, -0.25) is 0 Å². The Morgan fingerprint density at radius 2 is 1.74 bits per heavy atom. The van der Waals surface area contributed by atoms with Gasteiger partial charge < -0.3 is 15.1 Å². The zero-order chi connectivity index (χ0) is 24.1. The molecule has 1 fully saturated rings. The monoisotopic (exact) mass is 457 g/mol. The number of hydrogen-bond acceptors (Lipinski definition) is 4. The van der Waals surface area contributed by atoms with Crippen LogP contribution in [0.3, 0.4) is 0 Å². The number of benzene rings is 2. The molecule has 0 unspecified atom stereocenters. The number of rotatable bonds is 5. The molecule has 1 saturated heterocycles. The Morgan fingerprint density at radius 3 is 2.47 bits per heavy atom. The van der Waals surface area contributed by atoms with Crippen LogP contribution in [0.2, 0.25) is 0 Å². The smallest absolute Gasteiger partial charge is 0.321 e. The number of carbonyl (C=O) groups excluding carboxylic acids is 1. The van der Waals surface area contributed by atoms with Gasteiger partial charge in [-0.05, 0) is 62.4 Å². The first-order chi connectivity index (χ1) is 16.4. The largest absolute Gasteiger partial charge is 0.354 e. The Labute approximate surface area is 203 Å². The van der Waals surface area contributed by atoms with Crippen molar-refractivity contribution in [1.29, 1.82) is 0 Å². The van der Waals surface area contributed by atoms with E-state index >= 15 is 0 Å². The maximum atomic E-state index is 13.0. The molecule has 2 heterocycles. The first-order valence-electron chi connectivity index (χ1n) is 12.2. The molecule has 0 saturated carbocycles. The van der Waals surface area contributed by atoms with Crippen LogP contribution in [-0.2, 0) is 12.8 Å². The molecule has 6 heteroatoms. The van der Waals surface area contributed by atoms with Gasteiger partial charge in [-0.2, -0.15) is 0 Å². The topological polar surface area (TPSA) is 61.4 Å². The fourth-order valence-corrected chi connectivity index (χ4v) is 4.53. The Kier molecular flexibility index (Phi) is 7.46. The minimum atomic E-state index is -0.0391. The van der Waals surface area contributed by atoms with Crippen molar-refractivity contribution in [2.75, 3.05) is 36.4 Å². The molecule has 6 nitrogen and oxygen atoms in total. The van der Waals surface area contributed by atoms with E-state index in [1.807, 2.05) is 36.1 Å². The summed E-state index contributed by atoms with van der Waals surface area (Å²) in [5.41, 5.74) is 6.82. The van der Waals surface area contributed by atoms with Crippen molar-refractivity contribution in [3.8, 4) is 0 Å². The molecule has 4 rings (SSSR count). The number of nitrogens with zero attached hydrogens (tertiary/aromatic N) is 4. The van der Waals surface area contributed by atoms with E-state index < -0.39 is 0 Å². The molecular weight excluding hydrogens is 422 g/mol. The van der Waals surface area contributed by atoms with Crippen molar-refractivity contribution >= 4 is 17.5 Å². The summed E-state index contributed by atoms with van der Waals surface area (Å²) in [4.78, 5) is 26.9. The summed E-state index contributed by atoms with van der Waals surface area (Å²) < 4.78 is 0. The Morgan fingerprint density at radius 1 is 0.941 bits per heavy atom. The lowest BCUT2D eigenvalue weighted by Gasteiger charge is -2.26. The fourth-order valence-electron chi connectivity index (χ4n) is 4.53. The molecule has 0 spiro atoms. The second-order valence-corrected chi connectivity index (χ2v) is 9.09. The standard InChI is InChI=1S/C28H35N5O/c1-5-26-25(19-23-10-7-6-8-11-23)27(30-22(4)29-26)32-14-9-15-33(17-16-32)28(34)31-24-13-12-20(2)21(3)18-24/h6-8,10-13,18H,5,9,14-17,19H2,1-4H3,(H,31,34). The van der Waals surface area contributed by atoms with E-state index in [0.29, 0.717) is 6.54 Å². The molecule has 0 radical (unpaired) electrons. The molecule has 178 valence electrons. The molecule has 0 bridgehead atoms. The maximum absolute atomic E-state index is 13.0. The van der Waals surface area contributed by atoms with Gasteiger partial charge in [0.15, 0.2) is 0 Å². The van der Waals surface area contributed by atoms with Gasteiger partial charge in [-0.15, -0.1) is 0 Å². The van der Waals surface area contributed by atoms with E-state index in [4.69, 9.17) is 9.97 Å². The van der Waals surface area contributed by atoms with E-state index in [2.05, 4.69) is 55.3 Å². The summed E-state index contributed by atoms with van der Waals surface area (Å²) in [6.07, 6.45) is 2.58. The highest BCUT2D eigenvalue weighted by atomic mass is 16.2. The quantitative estimate of drug-likeness (QED) is 0.565. The predicted octanol–water partition coefficient (Wildman–Crippen LogP) is 5.30. The Balaban J connectivity index is 1.51. The van der Waals surface area contributed by atoms with Gasteiger partial charge in [0.1, 0.15) is 11.6 Å². The van der Waals surface area contributed by atoms with Crippen molar-refractivity contribution < 1.29 is 4.79 Å². The number of anilines is 2. The Bertz CT molecular complexity index is 1150. The van der Waals surface area contributed by atoms with Gasteiger partial charge in [0, 0.05) is 49.5 Å². The maximum Gasteiger partial charge on any atom is 0.321 e. The van der Waals surface area contributed by atoms with Crippen molar-refractivity contribution in [3.05, 3.63) is 82.3 Å². The third-order valence-electron chi connectivity index (χ3n) is 6.58. The van der Waals surface area contributed by atoms with E-state index in [0.717, 1.165) is 61.9 Å². The highest BCUT2D eigenvalue weighted by Crippen LogP contribution is 2.26. The van der Waals surface area contributed by atoms with Crippen molar-refractivity contribution in [2.45, 2.75) is 47.0 Å². The molecule has 0 atom stereocenters. The lowest BCUT2D eigenvalue weighted by atomic mass is 10.0. The second-order valence-electron chi connectivity index (χ2n) is 9.09. The third kappa shape index (κ3) is 5.56. The zero-order valence-corrected chi connectivity index (χ0v) is 20.8. The van der Waals surface area contributed by atoms with Gasteiger partial charge in [-0.25, -0.2) is 14.8 Å². The first kappa shape index (κ1) is 23.7. The summed E-state index contributed by atoms with van der Waals surface area (Å²) in [6.45, 7) is 11.3. The van der Waals surface area contributed by atoms with Crippen LogP contribution < -0.4 is 10.2 Å². The first-order valence-corrected chi connectivity index (χ1v) is 12.2. The molecule has 0 aliphatic carbocycles. The predicted molar refractivity (Wildman–Crippen MR) is 139 cm³/mol. The third-order valence-corrected chi connectivity index (χ3v) is 6.58. The molecule has 1 aliphatic rings. The lowest BCUT2D eigenvalue weighted by molar-refractivity contribution is 0.215. The molecule has 2 amide bonds. The van der Waals surface area contributed by atoms with Crippen LogP contribution in [0.1, 0.15) is 47.1 Å². The molecule has 2 aromatic carbocycles. The summed E-state index contributed by atoms with van der Waals surface area (Å²) >= 11 is 0. The molecule has 1 N–H and O–H groups in total. The van der Waals surface area contributed by atoms with Crippen molar-refractivity contribution in [3.63, 3.8) is 0 Å². The van der Waals surface area contributed by atoms with Crippen LogP contribution >= 0.6 is 0 Å². The average Bonchev–Trinajstić information content (AvgIpc) is 3.09. The summed E-state index contributed by atoms with van der Waals surface area (Å²) in [7, 11) is 0. The number of aromatic nitrogens is 2. The van der Waals surface area contributed by atoms with Crippen LogP contribution in [0.25, 0.3) is 0 Å². The van der Waals surface area contributed by atoms with E-state index in [1.165, 1.54) is 22.3 Å². The average molecular weight is 458 g/mol. The molecule has 34 heavy (non-hydrogen) atoms. The van der Waals surface area contributed by atoms with Gasteiger partial charge in [0.05, 0.1) is 0 Å². The van der Waals surface area contributed by atoms with E-state index in [9.17, 15) is 4.79 Å². The molecule has 1 aromatic heterocycles. The number of nitrogens with one attached hydrogen (secondary N) is 1. The number of hydrogen-bond donors (Lipinski definition) is 1. The summed E-state index contributed by atoms with van der Waals surface area (Å²) in [5.74, 6) is 1.82. The summed E-state index contributed by atoms with van der Waals surface area (Å²) in [6, 6.07) is 16.5. The SMILES string of the molecule is CCc1nc(C)nc(N2CCCN(C(=O)Nc3ccc(C)c(C)c3)CC2)c1Cc1ccccc1. The second kappa shape index (κ2) is 10.7. The van der Waals surface area contributed by atoms with Gasteiger partial charge in [0.25, 0.3) is 0 Å². The number of amides is 2. The van der Waals surface area contributed by atoms with Gasteiger partial charge in [-0.1, -0.05) is 43.3 Å². The molecule has 1 aliphatic heterocycles. The van der Waals surface area contributed by atoms with Crippen LogP contribution in [0.15, 0.2) is 48.5 Å². The van der Waals surface area contributed by atoms with E-state index in [-0.39, 0.29) is 6.03 Å². The van der Waals surface area contributed by atoms with Crippen molar-refractivity contribution in [1.82, 2.24) is 14.9 Å². The van der Waals surface area contributed by atoms with Crippen LogP contribution in [0, 0.1) is 20.8 Å². The van der Waals surface area contributed by atoms with Crippen molar-refractivity contribution in [2.24, 2.45) is 0 Å². The zero-order valence-electron chi connectivity index (χ0n) is 20.8. The highest BCUT2D eigenvalue weighted by Gasteiger charge is 2.23. The number of aryl methyl sites for hydroxylation is 4. The fraction of sp³-hybridized carbons (Fsp3) is 0.393. The normalized spacial score (nSPS) is 14.1. The number of carbonyl (C=O) groups is 1. The minimum Gasteiger partial charge on any atom is -0.354 e. The lowest BCUT2D eigenvalue weighted by Crippen LogP contribution is -2.38. The molecule has 3 aromatic rings.